The van der Waals surface area contributed by atoms with Crippen LogP contribution in [0.2, 0.25) is 0 Å². The van der Waals surface area contributed by atoms with E-state index in [-0.39, 0.29) is 5.91 Å². The molecule has 5 heteroatoms. The van der Waals surface area contributed by atoms with Crippen LogP contribution in [-0.4, -0.2) is 17.6 Å². The van der Waals surface area contributed by atoms with Gasteiger partial charge in [0.2, 0.25) is 0 Å². The Hall–Kier alpha value is -2.66. The van der Waals surface area contributed by atoms with Gasteiger partial charge in [0.15, 0.2) is 4.80 Å². The van der Waals surface area contributed by atoms with Gasteiger partial charge < -0.3 is 9.30 Å². The molecule has 1 heterocycles. The first-order chi connectivity index (χ1) is 12.7. The molecule has 1 amide bonds. The SMILES string of the molecule is CCc1sc(=NC(=O)c2ccccc2OC)n(CC)c1-c1ccccc1. The third-order valence-corrected chi connectivity index (χ3v) is 5.42. The summed E-state index contributed by atoms with van der Waals surface area (Å²) in [4.78, 5) is 19.1. The molecule has 3 aromatic rings. The van der Waals surface area contributed by atoms with Gasteiger partial charge in [-0.3, -0.25) is 4.79 Å². The molecular weight excluding hydrogens is 344 g/mol. The van der Waals surface area contributed by atoms with Gasteiger partial charge in [-0.05, 0) is 31.0 Å². The van der Waals surface area contributed by atoms with Crippen LogP contribution in [0.4, 0.5) is 0 Å². The van der Waals surface area contributed by atoms with Crippen molar-refractivity contribution in [2.75, 3.05) is 7.11 Å². The topological polar surface area (TPSA) is 43.6 Å². The predicted molar refractivity (Wildman–Crippen MR) is 106 cm³/mol. The van der Waals surface area contributed by atoms with Crippen LogP contribution >= 0.6 is 11.3 Å². The Labute approximate surface area is 157 Å². The van der Waals surface area contributed by atoms with E-state index in [9.17, 15) is 4.79 Å². The van der Waals surface area contributed by atoms with Gasteiger partial charge >= 0.3 is 0 Å². The predicted octanol–water partition coefficient (Wildman–Crippen LogP) is 4.55. The summed E-state index contributed by atoms with van der Waals surface area (Å²) in [5.41, 5.74) is 2.77. The molecule has 134 valence electrons. The molecule has 0 N–H and O–H groups in total. The Morgan fingerprint density at radius 2 is 1.77 bits per heavy atom. The highest BCUT2D eigenvalue weighted by Gasteiger charge is 2.16. The minimum Gasteiger partial charge on any atom is -0.496 e. The van der Waals surface area contributed by atoms with Crippen molar-refractivity contribution in [3.8, 4) is 17.0 Å². The lowest BCUT2D eigenvalue weighted by Crippen LogP contribution is -2.17. The molecule has 0 radical (unpaired) electrons. The van der Waals surface area contributed by atoms with E-state index >= 15 is 0 Å². The maximum absolute atomic E-state index is 12.8. The molecule has 0 bridgehead atoms. The zero-order valence-corrected chi connectivity index (χ0v) is 16.0. The Balaban J connectivity index is 2.15. The van der Waals surface area contributed by atoms with E-state index in [1.54, 1.807) is 30.6 Å². The Kier molecular flexibility index (Phi) is 5.68. The fraction of sp³-hybridized carbons (Fsp3) is 0.238. The third-order valence-electron chi connectivity index (χ3n) is 4.20. The molecule has 0 saturated carbocycles. The number of carbonyl (C=O) groups excluding carboxylic acids is 1. The van der Waals surface area contributed by atoms with E-state index < -0.39 is 0 Å². The van der Waals surface area contributed by atoms with E-state index in [2.05, 4.69) is 35.5 Å². The second-order valence-electron chi connectivity index (χ2n) is 5.74. The number of benzene rings is 2. The number of para-hydroxylation sites is 1. The van der Waals surface area contributed by atoms with Gasteiger partial charge in [-0.2, -0.15) is 4.99 Å². The summed E-state index contributed by atoms with van der Waals surface area (Å²) in [5, 5.41) is 0. The summed E-state index contributed by atoms with van der Waals surface area (Å²) < 4.78 is 7.41. The molecule has 1 aromatic heterocycles. The van der Waals surface area contributed by atoms with Crippen molar-refractivity contribution in [2.45, 2.75) is 26.8 Å². The number of hydrogen-bond acceptors (Lipinski definition) is 3. The molecule has 0 spiro atoms. The number of methoxy groups -OCH3 is 1. The fourth-order valence-electron chi connectivity index (χ4n) is 2.96. The van der Waals surface area contributed by atoms with Crippen LogP contribution in [0.3, 0.4) is 0 Å². The molecule has 4 nitrogen and oxygen atoms in total. The second-order valence-corrected chi connectivity index (χ2v) is 6.80. The fourth-order valence-corrected chi connectivity index (χ4v) is 4.11. The van der Waals surface area contributed by atoms with Crippen molar-refractivity contribution in [3.63, 3.8) is 0 Å². The summed E-state index contributed by atoms with van der Waals surface area (Å²) in [6.45, 7) is 4.95. The number of carbonyl (C=O) groups is 1. The van der Waals surface area contributed by atoms with Crippen molar-refractivity contribution < 1.29 is 9.53 Å². The van der Waals surface area contributed by atoms with Crippen LogP contribution in [0.5, 0.6) is 5.75 Å². The molecule has 2 aromatic carbocycles. The standard InChI is InChI=1S/C21H22N2O2S/c1-4-18-19(15-11-7-6-8-12-15)23(5-2)21(26-18)22-20(24)16-13-9-10-14-17(16)25-3/h6-14H,4-5H2,1-3H3. The van der Waals surface area contributed by atoms with Crippen molar-refractivity contribution in [2.24, 2.45) is 4.99 Å². The average molecular weight is 366 g/mol. The molecule has 0 aliphatic rings. The lowest BCUT2D eigenvalue weighted by atomic mass is 10.1. The molecule has 0 aliphatic heterocycles. The third kappa shape index (κ3) is 3.48. The number of amides is 1. The molecule has 0 fully saturated rings. The normalized spacial score (nSPS) is 11.6. The van der Waals surface area contributed by atoms with E-state index in [1.165, 1.54) is 4.88 Å². The first-order valence-corrected chi connectivity index (χ1v) is 9.51. The van der Waals surface area contributed by atoms with Crippen LogP contribution in [0.15, 0.2) is 59.6 Å². The van der Waals surface area contributed by atoms with Gasteiger partial charge in [-0.15, -0.1) is 11.3 Å². The highest BCUT2D eigenvalue weighted by molar-refractivity contribution is 7.09. The maximum Gasteiger partial charge on any atom is 0.283 e. The largest absolute Gasteiger partial charge is 0.496 e. The van der Waals surface area contributed by atoms with E-state index in [0.29, 0.717) is 11.3 Å². The van der Waals surface area contributed by atoms with E-state index in [1.807, 2.05) is 30.3 Å². The summed E-state index contributed by atoms with van der Waals surface area (Å²) in [7, 11) is 1.56. The Morgan fingerprint density at radius 3 is 2.42 bits per heavy atom. The second kappa shape index (κ2) is 8.15. The minimum absolute atomic E-state index is 0.284. The maximum atomic E-state index is 12.8. The van der Waals surface area contributed by atoms with Crippen LogP contribution < -0.4 is 9.54 Å². The summed E-state index contributed by atoms with van der Waals surface area (Å²) >= 11 is 1.58. The van der Waals surface area contributed by atoms with Gasteiger partial charge in [0.05, 0.1) is 18.4 Å². The van der Waals surface area contributed by atoms with Crippen molar-refractivity contribution in [3.05, 3.63) is 69.8 Å². The minimum atomic E-state index is -0.284. The highest BCUT2D eigenvalue weighted by atomic mass is 32.1. The summed E-state index contributed by atoms with van der Waals surface area (Å²) in [6, 6.07) is 17.4. The van der Waals surface area contributed by atoms with Crippen LogP contribution in [0.25, 0.3) is 11.3 Å². The number of rotatable bonds is 5. The lowest BCUT2D eigenvalue weighted by molar-refractivity contribution is 0.0995. The Morgan fingerprint density at radius 1 is 1.08 bits per heavy atom. The first kappa shape index (κ1) is 18.1. The van der Waals surface area contributed by atoms with Gasteiger partial charge in [-0.25, -0.2) is 0 Å². The molecule has 0 atom stereocenters. The zero-order valence-electron chi connectivity index (χ0n) is 15.2. The summed E-state index contributed by atoms with van der Waals surface area (Å²) in [6.07, 6.45) is 0.896. The van der Waals surface area contributed by atoms with Crippen molar-refractivity contribution in [1.82, 2.24) is 4.57 Å². The number of aromatic nitrogens is 1. The molecular formula is C21H22N2O2S. The smallest absolute Gasteiger partial charge is 0.283 e. The Bertz CT molecular complexity index is 971. The van der Waals surface area contributed by atoms with Crippen molar-refractivity contribution >= 4 is 17.2 Å². The van der Waals surface area contributed by atoms with Gasteiger partial charge in [0.25, 0.3) is 5.91 Å². The molecule has 0 aliphatic carbocycles. The number of ether oxygens (including phenoxy) is 1. The number of thiazole rings is 1. The average Bonchev–Trinajstić information content (AvgIpc) is 3.05. The highest BCUT2D eigenvalue weighted by Crippen LogP contribution is 2.26. The zero-order chi connectivity index (χ0) is 18.5. The van der Waals surface area contributed by atoms with Gasteiger partial charge in [0, 0.05) is 11.4 Å². The van der Waals surface area contributed by atoms with Crippen molar-refractivity contribution in [1.29, 1.82) is 0 Å². The molecule has 0 unspecified atom stereocenters. The van der Waals surface area contributed by atoms with E-state index in [4.69, 9.17) is 4.74 Å². The molecule has 3 rings (SSSR count). The number of nitrogens with zero attached hydrogens (tertiary/aromatic N) is 2. The molecule has 26 heavy (non-hydrogen) atoms. The first-order valence-electron chi connectivity index (χ1n) is 8.69. The van der Waals surface area contributed by atoms with Crippen LogP contribution in [0.1, 0.15) is 29.1 Å². The van der Waals surface area contributed by atoms with Crippen LogP contribution in [0, 0.1) is 0 Å². The number of aryl methyl sites for hydroxylation is 1. The molecule has 0 saturated heterocycles. The van der Waals surface area contributed by atoms with E-state index in [0.717, 1.165) is 29.0 Å². The van der Waals surface area contributed by atoms with Crippen LogP contribution in [-0.2, 0) is 13.0 Å². The lowest BCUT2D eigenvalue weighted by Gasteiger charge is -2.08. The monoisotopic (exact) mass is 366 g/mol. The number of hydrogen-bond donors (Lipinski definition) is 0. The summed E-state index contributed by atoms with van der Waals surface area (Å²) in [5.74, 6) is 0.257. The van der Waals surface area contributed by atoms with Gasteiger partial charge in [0.1, 0.15) is 5.75 Å². The quantitative estimate of drug-likeness (QED) is 0.665. The van der Waals surface area contributed by atoms with Gasteiger partial charge in [-0.1, -0.05) is 49.4 Å².